The molecule has 0 saturated carbocycles. The first kappa shape index (κ1) is 14.2. The predicted molar refractivity (Wildman–Crippen MR) is 82.6 cm³/mol. The van der Waals surface area contributed by atoms with Gasteiger partial charge in [0.15, 0.2) is 0 Å². The van der Waals surface area contributed by atoms with Crippen molar-refractivity contribution in [2.75, 3.05) is 0 Å². The Balaban J connectivity index is 1.69. The number of pyridine rings is 1. The van der Waals surface area contributed by atoms with Crippen LogP contribution in [0.3, 0.4) is 0 Å². The van der Waals surface area contributed by atoms with Crippen LogP contribution in [0.15, 0.2) is 42.6 Å². The van der Waals surface area contributed by atoms with E-state index in [0.29, 0.717) is 6.04 Å². The summed E-state index contributed by atoms with van der Waals surface area (Å²) in [5, 5.41) is 3.70. The van der Waals surface area contributed by atoms with E-state index in [-0.39, 0.29) is 11.9 Å². The number of rotatable bonds is 4. The highest BCUT2D eigenvalue weighted by Gasteiger charge is 2.21. The van der Waals surface area contributed by atoms with Crippen LogP contribution in [-0.4, -0.2) is 11.0 Å². The summed E-state index contributed by atoms with van der Waals surface area (Å²) in [6.07, 6.45) is 5.59. The van der Waals surface area contributed by atoms with E-state index in [0.717, 1.165) is 31.4 Å². The second kappa shape index (κ2) is 6.35. The van der Waals surface area contributed by atoms with Crippen LogP contribution in [0.5, 0.6) is 0 Å². The molecule has 1 aliphatic rings. The van der Waals surface area contributed by atoms with Crippen molar-refractivity contribution in [3.05, 3.63) is 65.2 Å². The molecule has 2 atom stereocenters. The lowest BCUT2D eigenvalue weighted by Gasteiger charge is -2.29. The Morgan fingerprint density at radius 1 is 1.24 bits per heavy atom. The quantitative estimate of drug-likeness (QED) is 0.923. The van der Waals surface area contributed by atoms with Gasteiger partial charge in [-0.1, -0.05) is 31.2 Å². The number of nitrogens with one attached hydrogen (secondary N) is 1. The fraction of sp³-hybridized carbons (Fsp3) is 0.389. The first-order valence-corrected chi connectivity index (χ1v) is 7.70. The summed E-state index contributed by atoms with van der Waals surface area (Å²) < 4.78 is 13.0. The van der Waals surface area contributed by atoms with Gasteiger partial charge < -0.3 is 5.32 Å². The Morgan fingerprint density at radius 3 is 2.76 bits per heavy atom. The maximum Gasteiger partial charge on any atom is 0.141 e. The number of nitrogens with zero attached hydrogens (tertiary/aromatic N) is 1. The maximum absolute atomic E-state index is 13.0. The zero-order chi connectivity index (χ0) is 14.7. The highest BCUT2D eigenvalue weighted by molar-refractivity contribution is 5.30. The molecule has 1 aliphatic carbocycles. The molecular formula is C18H21FN2. The minimum Gasteiger partial charge on any atom is -0.305 e. The standard InChI is InChI=1S/C18H21FN2/c1-2-17(18-10-8-15(19)12-20-18)21-16-9-7-13-5-3-4-6-14(13)11-16/h3-6,8,10,12,16-17,21H,2,7,9,11H2,1H3. The number of fused-ring (bicyclic) bond motifs is 1. The van der Waals surface area contributed by atoms with Crippen LogP contribution < -0.4 is 5.32 Å². The average Bonchev–Trinajstić information content (AvgIpc) is 2.53. The largest absolute Gasteiger partial charge is 0.305 e. The molecule has 110 valence electrons. The van der Waals surface area contributed by atoms with Crippen LogP contribution in [0.25, 0.3) is 0 Å². The van der Waals surface area contributed by atoms with Crippen molar-refractivity contribution in [1.29, 1.82) is 0 Å². The molecule has 1 aromatic heterocycles. The third-order valence-electron chi connectivity index (χ3n) is 4.30. The molecule has 1 heterocycles. The van der Waals surface area contributed by atoms with Gasteiger partial charge in [-0.25, -0.2) is 4.39 Å². The van der Waals surface area contributed by atoms with Crippen molar-refractivity contribution < 1.29 is 4.39 Å². The van der Waals surface area contributed by atoms with Crippen molar-refractivity contribution in [1.82, 2.24) is 10.3 Å². The van der Waals surface area contributed by atoms with E-state index in [9.17, 15) is 4.39 Å². The molecule has 3 heteroatoms. The van der Waals surface area contributed by atoms with E-state index in [2.05, 4.69) is 41.5 Å². The molecule has 2 aromatic rings. The summed E-state index contributed by atoms with van der Waals surface area (Å²) >= 11 is 0. The average molecular weight is 284 g/mol. The van der Waals surface area contributed by atoms with Gasteiger partial charge in [0, 0.05) is 12.1 Å². The van der Waals surface area contributed by atoms with Crippen LogP contribution >= 0.6 is 0 Å². The van der Waals surface area contributed by atoms with Crippen LogP contribution in [-0.2, 0) is 12.8 Å². The lowest BCUT2D eigenvalue weighted by molar-refractivity contribution is 0.386. The molecule has 0 saturated heterocycles. The highest BCUT2D eigenvalue weighted by atomic mass is 19.1. The number of aryl methyl sites for hydroxylation is 1. The number of hydrogen-bond donors (Lipinski definition) is 1. The summed E-state index contributed by atoms with van der Waals surface area (Å²) in [7, 11) is 0. The second-order valence-corrected chi connectivity index (χ2v) is 5.74. The number of aromatic nitrogens is 1. The summed E-state index contributed by atoms with van der Waals surface area (Å²) in [5.41, 5.74) is 3.85. The van der Waals surface area contributed by atoms with Crippen LogP contribution in [0.4, 0.5) is 4.39 Å². The monoisotopic (exact) mass is 284 g/mol. The Morgan fingerprint density at radius 2 is 2.05 bits per heavy atom. The number of halogens is 1. The topological polar surface area (TPSA) is 24.9 Å². The molecule has 0 fully saturated rings. The lowest BCUT2D eigenvalue weighted by Crippen LogP contribution is -2.37. The summed E-state index contributed by atoms with van der Waals surface area (Å²) in [4.78, 5) is 4.22. The second-order valence-electron chi connectivity index (χ2n) is 5.74. The summed E-state index contributed by atoms with van der Waals surface area (Å²) in [5.74, 6) is -0.278. The Kier molecular flexibility index (Phi) is 4.30. The van der Waals surface area contributed by atoms with E-state index in [1.807, 2.05) is 0 Å². The van der Waals surface area contributed by atoms with Crippen LogP contribution in [0.2, 0.25) is 0 Å². The van der Waals surface area contributed by atoms with Crippen molar-refractivity contribution in [2.24, 2.45) is 0 Å². The van der Waals surface area contributed by atoms with Crippen molar-refractivity contribution in [2.45, 2.75) is 44.7 Å². The zero-order valence-corrected chi connectivity index (χ0v) is 12.3. The minimum absolute atomic E-state index is 0.195. The fourth-order valence-electron chi connectivity index (χ4n) is 3.13. The molecule has 1 aromatic carbocycles. The van der Waals surface area contributed by atoms with Crippen molar-refractivity contribution in [3.63, 3.8) is 0 Å². The summed E-state index contributed by atoms with van der Waals surface area (Å²) in [6.45, 7) is 2.14. The molecule has 2 nitrogen and oxygen atoms in total. The molecule has 0 spiro atoms. The van der Waals surface area contributed by atoms with E-state index in [1.165, 1.54) is 23.4 Å². The Hall–Kier alpha value is -1.74. The van der Waals surface area contributed by atoms with Gasteiger partial charge in [-0.15, -0.1) is 0 Å². The molecule has 2 unspecified atom stereocenters. The van der Waals surface area contributed by atoms with Gasteiger partial charge in [0.25, 0.3) is 0 Å². The number of hydrogen-bond acceptors (Lipinski definition) is 2. The molecule has 0 amide bonds. The predicted octanol–water partition coefficient (Wildman–Crippen LogP) is 3.82. The third kappa shape index (κ3) is 3.30. The first-order valence-electron chi connectivity index (χ1n) is 7.70. The molecule has 3 rings (SSSR count). The van der Waals surface area contributed by atoms with Crippen molar-refractivity contribution >= 4 is 0 Å². The van der Waals surface area contributed by atoms with Gasteiger partial charge in [-0.3, -0.25) is 4.98 Å². The SMILES string of the molecule is CCC(NC1CCc2ccccc2C1)c1ccc(F)cn1. The lowest BCUT2D eigenvalue weighted by atomic mass is 9.88. The van der Waals surface area contributed by atoms with E-state index in [4.69, 9.17) is 0 Å². The van der Waals surface area contributed by atoms with Gasteiger partial charge >= 0.3 is 0 Å². The minimum atomic E-state index is -0.278. The van der Waals surface area contributed by atoms with Gasteiger partial charge in [0.1, 0.15) is 5.82 Å². The third-order valence-corrected chi connectivity index (χ3v) is 4.30. The van der Waals surface area contributed by atoms with Gasteiger partial charge in [-0.2, -0.15) is 0 Å². The molecule has 0 radical (unpaired) electrons. The molecular weight excluding hydrogens is 263 g/mol. The van der Waals surface area contributed by atoms with E-state index >= 15 is 0 Å². The smallest absolute Gasteiger partial charge is 0.141 e. The number of benzene rings is 1. The van der Waals surface area contributed by atoms with Gasteiger partial charge in [0.2, 0.25) is 0 Å². The van der Waals surface area contributed by atoms with E-state index in [1.54, 1.807) is 6.07 Å². The molecule has 21 heavy (non-hydrogen) atoms. The Labute approximate surface area is 125 Å². The Bertz CT molecular complexity index is 594. The molecule has 0 bridgehead atoms. The zero-order valence-electron chi connectivity index (χ0n) is 12.3. The van der Waals surface area contributed by atoms with Crippen molar-refractivity contribution in [3.8, 4) is 0 Å². The van der Waals surface area contributed by atoms with Crippen LogP contribution in [0, 0.1) is 5.82 Å². The van der Waals surface area contributed by atoms with Crippen LogP contribution in [0.1, 0.15) is 42.6 Å². The first-order chi connectivity index (χ1) is 10.3. The van der Waals surface area contributed by atoms with E-state index < -0.39 is 0 Å². The summed E-state index contributed by atoms with van der Waals surface area (Å²) in [6, 6.07) is 12.6. The van der Waals surface area contributed by atoms with Gasteiger partial charge in [0.05, 0.1) is 11.9 Å². The maximum atomic E-state index is 13.0. The highest BCUT2D eigenvalue weighted by Crippen LogP contribution is 2.24. The van der Waals surface area contributed by atoms with Gasteiger partial charge in [-0.05, 0) is 48.9 Å². The fourth-order valence-corrected chi connectivity index (χ4v) is 3.13. The molecule has 0 aliphatic heterocycles. The normalized spacial score (nSPS) is 19.0. The molecule has 1 N–H and O–H groups in total.